The minimum absolute atomic E-state index is 0.00524. The van der Waals surface area contributed by atoms with Gasteiger partial charge < -0.3 is 45.2 Å². The van der Waals surface area contributed by atoms with Crippen molar-refractivity contribution in [2.75, 3.05) is 50.1 Å². The van der Waals surface area contributed by atoms with Gasteiger partial charge in [-0.15, -0.1) is 0 Å². The van der Waals surface area contributed by atoms with Crippen molar-refractivity contribution in [3.8, 4) is 11.8 Å². The summed E-state index contributed by atoms with van der Waals surface area (Å²) in [7, 11) is 2.64. The zero-order valence-corrected chi connectivity index (χ0v) is 24.5. The maximum absolute atomic E-state index is 12.7. The molecule has 0 saturated carbocycles. The van der Waals surface area contributed by atoms with E-state index in [9.17, 15) is 19.5 Å². The van der Waals surface area contributed by atoms with Crippen LogP contribution in [0.2, 0.25) is 6.82 Å². The van der Waals surface area contributed by atoms with E-state index >= 15 is 0 Å². The zero-order valence-electron chi connectivity index (χ0n) is 22.9. The summed E-state index contributed by atoms with van der Waals surface area (Å²) in [5.74, 6) is 7.03. The van der Waals surface area contributed by atoms with Crippen LogP contribution >= 0.6 is 21.6 Å². The fraction of sp³-hybridized carbons (Fsp3) is 0.583. The first kappa shape index (κ1) is 32.8. The zero-order chi connectivity index (χ0) is 29.8. The molecule has 1 fully saturated rings. The van der Waals surface area contributed by atoms with Gasteiger partial charge in [-0.2, -0.15) is 4.98 Å². The summed E-state index contributed by atoms with van der Waals surface area (Å²) < 4.78 is 18.5. The van der Waals surface area contributed by atoms with Crippen LogP contribution in [-0.2, 0) is 19.0 Å². The first-order valence-electron chi connectivity index (χ1n) is 13.0. The van der Waals surface area contributed by atoms with Gasteiger partial charge in [-0.1, -0.05) is 33.4 Å². The van der Waals surface area contributed by atoms with Crippen LogP contribution in [0.25, 0.3) is 11.0 Å². The van der Waals surface area contributed by atoms with Crippen LogP contribution in [0.15, 0.2) is 11.0 Å². The number of amides is 1. The topological polar surface area (TPSA) is 203 Å². The van der Waals surface area contributed by atoms with Gasteiger partial charge in [0.05, 0.1) is 36.8 Å². The number of aliphatic hydroxyl groups is 1. The molecule has 0 aliphatic carbocycles. The molecule has 1 aliphatic rings. The first-order valence-corrected chi connectivity index (χ1v) is 15.5. The number of hydrogen-bond acceptors (Lipinski definition) is 13. The quantitative estimate of drug-likeness (QED) is 0.0687. The van der Waals surface area contributed by atoms with Crippen molar-refractivity contribution in [3.63, 3.8) is 0 Å². The number of Topliss-reactive ketones (excluding diaryl/α,β-unsaturated/α-hetero) is 1. The van der Waals surface area contributed by atoms with Gasteiger partial charge in [-0.25, -0.2) is 4.79 Å². The Morgan fingerprint density at radius 1 is 1.37 bits per heavy atom. The molecule has 0 spiro atoms. The molecule has 1 aliphatic heterocycles. The highest BCUT2D eigenvalue weighted by atomic mass is 33.1. The Bertz CT molecular complexity index is 1300. The van der Waals surface area contributed by atoms with E-state index in [1.165, 1.54) is 6.92 Å². The van der Waals surface area contributed by atoms with Crippen molar-refractivity contribution in [1.82, 2.24) is 25.1 Å². The second-order valence-electron chi connectivity index (χ2n) is 9.07. The van der Waals surface area contributed by atoms with Gasteiger partial charge in [-0.3, -0.25) is 14.6 Å². The third kappa shape index (κ3) is 10.3. The highest BCUT2D eigenvalue weighted by molar-refractivity contribution is 8.76. The Kier molecular flexibility index (Phi) is 13.3. The van der Waals surface area contributed by atoms with E-state index in [-0.39, 0.29) is 55.6 Å². The van der Waals surface area contributed by atoms with Gasteiger partial charge in [-0.05, 0) is 20.3 Å². The number of nitrogens with two attached hydrogens (primary N) is 1. The Labute approximate surface area is 245 Å². The minimum Gasteiger partial charge on any atom is -0.449 e. The summed E-state index contributed by atoms with van der Waals surface area (Å²) >= 11 is 0. The van der Waals surface area contributed by atoms with Crippen molar-refractivity contribution < 1.29 is 33.9 Å². The molecule has 0 radical (unpaired) electrons. The van der Waals surface area contributed by atoms with Gasteiger partial charge in [0.1, 0.15) is 24.7 Å². The van der Waals surface area contributed by atoms with Gasteiger partial charge in [0.2, 0.25) is 5.95 Å². The lowest BCUT2D eigenvalue weighted by atomic mass is 9.89. The summed E-state index contributed by atoms with van der Waals surface area (Å²) in [5.41, 5.74) is 5.92. The average molecular weight is 611 g/mol. The monoisotopic (exact) mass is 610 g/mol. The van der Waals surface area contributed by atoms with Crippen molar-refractivity contribution in [2.24, 2.45) is 0 Å². The lowest BCUT2D eigenvalue weighted by Crippen LogP contribution is -2.32. The molecule has 0 unspecified atom stereocenters. The average Bonchev–Trinajstić information content (AvgIpc) is 3.48. The van der Waals surface area contributed by atoms with E-state index in [4.69, 9.17) is 25.0 Å². The number of fused-ring (bicyclic) bond motifs is 1. The smallest absolute Gasteiger partial charge is 0.407 e. The van der Waals surface area contributed by atoms with Crippen LogP contribution in [-0.4, -0.2) is 100 Å². The summed E-state index contributed by atoms with van der Waals surface area (Å²) in [6, 6.07) is 0. The molecule has 0 aromatic carbocycles. The van der Waals surface area contributed by atoms with Gasteiger partial charge in [0.25, 0.3) is 5.56 Å². The lowest BCUT2D eigenvalue weighted by Gasteiger charge is -2.16. The highest BCUT2D eigenvalue weighted by Crippen LogP contribution is 2.33. The standard InChI is InChI=1S/C24H35BN6O8S2/c1-15(33)5-8-37-17-12-19(39-18(17)14-32)31-13-16(20-21(31)29-23(26)30-22(20)34)4-3-6-27-24(35)38-9-11-41-40-10-7-28-25(2)36/h13,17-19,28,32,36H,5-12,14H2,1-2H3,(H,27,35)(H3,26,29,30,34)/t17-,18-,19-/m1/s1. The van der Waals surface area contributed by atoms with E-state index in [1.54, 1.807) is 39.2 Å². The molecule has 7 N–H and O–H groups in total. The van der Waals surface area contributed by atoms with E-state index in [0.29, 0.717) is 24.3 Å². The number of ether oxygens (including phenoxy) is 3. The Morgan fingerprint density at radius 2 is 2.15 bits per heavy atom. The van der Waals surface area contributed by atoms with Gasteiger partial charge in [0, 0.05) is 30.5 Å². The van der Waals surface area contributed by atoms with Gasteiger partial charge in [0.15, 0.2) is 5.65 Å². The predicted octanol–water partition coefficient (Wildman–Crippen LogP) is 0.110. The number of anilines is 1. The normalized spacial score (nSPS) is 18.2. The predicted molar refractivity (Wildman–Crippen MR) is 158 cm³/mol. The maximum Gasteiger partial charge on any atom is 0.407 e. The third-order valence-corrected chi connectivity index (χ3v) is 8.18. The highest BCUT2D eigenvalue weighted by Gasteiger charge is 2.37. The Hall–Kier alpha value is -2.72. The van der Waals surface area contributed by atoms with Crippen molar-refractivity contribution in [2.45, 2.75) is 45.0 Å². The number of rotatable bonds is 15. The van der Waals surface area contributed by atoms with Crippen LogP contribution in [0.4, 0.5) is 10.7 Å². The number of aromatic nitrogens is 3. The summed E-state index contributed by atoms with van der Waals surface area (Å²) in [4.78, 5) is 42.7. The van der Waals surface area contributed by atoms with Crippen LogP contribution in [0, 0.1) is 11.8 Å². The number of H-pyrrole nitrogens is 1. The van der Waals surface area contributed by atoms with Crippen LogP contribution in [0.1, 0.15) is 31.6 Å². The summed E-state index contributed by atoms with van der Waals surface area (Å²) in [5, 5.41) is 24.6. The second-order valence-corrected chi connectivity index (χ2v) is 11.8. The third-order valence-electron chi connectivity index (χ3n) is 5.81. The number of alkyl carbamates (subject to hydrolysis) is 1. The molecular formula is C24H35BN6O8S2. The number of ketones is 1. The fourth-order valence-electron chi connectivity index (χ4n) is 3.95. The molecule has 41 heavy (non-hydrogen) atoms. The molecule has 2 aromatic heterocycles. The number of hydrogen-bond donors (Lipinski definition) is 6. The Morgan fingerprint density at radius 3 is 2.88 bits per heavy atom. The van der Waals surface area contributed by atoms with Crippen molar-refractivity contribution >= 4 is 57.5 Å². The van der Waals surface area contributed by atoms with E-state index in [2.05, 4.69) is 32.4 Å². The maximum atomic E-state index is 12.7. The molecule has 3 rings (SSSR count). The van der Waals surface area contributed by atoms with E-state index < -0.39 is 37.1 Å². The molecule has 1 saturated heterocycles. The molecule has 14 nitrogen and oxygen atoms in total. The van der Waals surface area contributed by atoms with Crippen LogP contribution in [0.5, 0.6) is 0 Å². The summed E-state index contributed by atoms with van der Waals surface area (Å²) in [6.45, 7) is 3.94. The Balaban J connectivity index is 1.58. The molecule has 17 heteroatoms. The van der Waals surface area contributed by atoms with Gasteiger partial charge >= 0.3 is 13.1 Å². The second kappa shape index (κ2) is 16.7. The molecule has 1 amide bonds. The molecule has 3 heterocycles. The van der Waals surface area contributed by atoms with E-state index in [1.807, 2.05) is 0 Å². The first-order chi connectivity index (χ1) is 19.7. The van der Waals surface area contributed by atoms with E-state index in [0.717, 1.165) is 5.75 Å². The molecule has 2 aromatic rings. The largest absolute Gasteiger partial charge is 0.449 e. The minimum atomic E-state index is -0.627. The molecule has 0 bridgehead atoms. The SMILES string of the molecule is CB(O)NCCSSCCOC(=O)NCC#Cc1cn([C@H]2C[C@@H](OCCC(C)=O)[C@@H](CO)O2)c2nc(N)[nH]c(=O)c12. The number of aromatic amines is 1. The lowest BCUT2D eigenvalue weighted by molar-refractivity contribution is -0.119. The number of aliphatic hydroxyl groups excluding tert-OH is 1. The van der Waals surface area contributed by atoms with Crippen LogP contribution < -0.4 is 21.8 Å². The van der Waals surface area contributed by atoms with Crippen LogP contribution in [0.3, 0.4) is 0 Å². The summed E-state index contributed by atoms with van der Waals surface area (Å²) in [6.07, 6.45) is -0.118. The molecule has 3 atom stereocenters. The fourth-order valence-corrected chi connectivity index (χ4v) is 5.70. The number of nitrogen functional groups attached to an aromatic ring is 1. The number of carbonyl (C=O) groups excluding carboxylic acids is 2. The number of nitrogens with one attached hydrogen (secondary N) is 3. The number of nitrogens with zero attached hydrogens (tertiary/aromatic N) is 2. The van der Waals surface area contributed by atoms with Crippen molar-refractivity contribution in [1.29, 1.82) is 0 Å². The van der Waals surface area contributed by atoms with Crippen molar-refractivity contribution in [3.05, 3.63) is 22.1 Å². The molecule has 224 valence electrons. The number of carbonyl (C=O) groups is 2. The molecular weight excluding hydrogens is 575 g/mol.